The minimum atomic E-state index is 0.261. The average molecular weight is 167 g/mol. The Morgan fingerprint density at radius 1 is 1.33 bits per heavy atom. The number of nitrogens with one attached hydrogen (secondary N) is 1. The molecule has 0 unspecified atom stereocenters. The van der Waals surface area contributed by atoms with Crippen LogP contribution in [0.5, 0.6) is 0 Å². The zero-order chi connectivity index (χ0) is 8.39. The Balaban J connectivity index is 1.73. The summed E-state index contributed by atoms with van der Waals surface area (Å²) in [6.45, 7) is 2.10. The normalized spacial score (nSPS) is 37.9. The van der Waals surface area contributed by atoms with Crippen LogP contribution in [0.15, 0.2) is 12.2 Å². The molecule has 0 aromatic heterocycles. The summed E-state index contributed by atoms with van der Waals surface area (Å²) in [5.74, 6) is 2.55. The molecule has 2 heteroatoms. The number of aliphatic hydroxyl groups is 1. The van der Waals surface area contributed by atoms with E-state index in [1.54, 1.807) is 0 Å². The van der Waals surface area contributed by atoms with Gasteiger partial charge in [-0.05, 0) is 37.1 Å². The topological polar surface area (TPSA) is 32.3 Å². The molecule has 1 fully saturated rings. The third-order valence-corrected chi connectivity index (χ3v) is 3.11. The molecule has 2 N–H and O–H groups in total. The maximum Gasteiger partial charge on any atom is 0.0555 e. The van der Waals surface area contributed by atoms with Crippen molar-refractivity contribution in [2.24, 2.45) is 17.8 Å². The standard InChI is InChI=1S/C10H17NO/c12-4-3-11-7-10-6-8-1-2-9(10)5-8/h1-2,8-12H,3-7H2/t8-,9+,10-/m1/s1. The summed E-state index contributed by atoms with van der Waals surface area (Å²) >= 11 is 0. The third kappa shape index (κ3) is 1.54. The van der Waals surface area contributed by atoms with Crippen LogP contribution in [-0.4, -0.2) is 24.8 Å². The van der Waals surface area contributed by atoms with Crippen LogP contribution in [0, 0.1) is 17.8 Å². The first-order valence-electron chi connectivity index (χ1n) is 4.90. The van der Waals surface area contributed by atoms with Gasteiger partial charge in [0, 0.05) is 6.54 Å². The average Bonchev–Trinajstić information content (AvgIpc) is 2.65. The van der Waals surface area contributed by atoms with E-state index in [2.05, 4.69) is 17.5 Å². The minimum Gasteiger partial charge on any atom is -0.395 e. The van der Waals surface area contributed by atoms with Crippen molar-refractivity contribution in [1.82, 2.24) is 5.32 Å². The highest BCUT2D eigenvalue weighted by atomic mass is 16.3. The molecule has 0 heterocycles. The number of aliphatic hydroxyl groups excluding tert-OH is 1. The first-order valence-corrected chi connectivity index (χ1v) is 4.90. The van der Waals surface area contributed by atoms with Gasteiger partial charge in [-0.1, -0.05) is 12.2 Å². The summed E-state index contributed by atoms with van der Waals surface area (Å²) in [6, 6.07) is 0. The second-order valence-corrected chi connectivity index (χ2v) is 3.97. The number of hydrogen-bond donors (Lipinski definition) is 2. The molecule has 2 rings (SSSR count). The number of hydrogen-bond acceptors (Lipinski definition) is 2. The molecular formula is C10H17NO. The summed E-state index contributed by atoms with van der Waals surface area (Å²) in [5, 5.41) is 11.9. The van der Waals surface area contributed by atoms with Crippen molar-refractivity contribution in [1.29, 1.82) is 0 Å². The summed E-state index contributed by atoms with van der Waals surface area (Å²) in [5.41, 5.74) is 0. The lowest BCUT2D eigenvalue weighted by atomic mass is 9.94. The highest BCUT2D eigenvalue weighted by molar-refractivity contribution is 5.10. The lowest BCUT2D eigenvalue weighted by Gasteiger charge is -2.17. The lowest BCUT2D eigenvalue weighted by Crippen LogP contribution is -2.27. The van der Waals surface area contributed by atoms with E-state index in [1.165, 1.54) is 12.8 Å². The summed E-state index contributed by atoms with van der Waals surface area (Å²) in [7, 11) is 0. The van der Waals surface area contributed by atoms with E-state index in [-0.39, 0.29) is 6.61 Å². The smallest absolute Gasteiger partial charge is 0.0555 e. The Bertz CT molecular complexity index is 179. The van der Waals surface area contributed by atoms with Crippen molar-refractivity contribution in [3.05, 3.63) is 12.2 Å². The van der Waals surface area contributed by atoms with E-state index in [1.807, 2.05) is 0 Å². The van der Waals surface area contributed by atoms with Crippen LogP contribution in [-0.2, 0) is 0 Å². The van der Waals surface area contributed by atoms with E-state index < -0.39 is 0 Å². The third-order valence-electron chi connectivity index (χ3n) is 3.11. The van der Waals surface area contributed by atoms with Gasteiger partial charge >= 0.3 is 0 Å². The molecule has 0 amide bonds. The molecule has 0 spiro atoms. The van der Waals surface area contributed by atoms with Gasteiger partial charge in [0.15, 0.2) is 0 Å². The maximum atomic E-state index is 8.60. The highest BCUT2D eigenvalue weighted by Crippen LogP contribution is 2.42. The monoisotopic (exact) mass is 167 g/mol. The fourth-order valence-electron chi connectivity index (χ4n) is 2.50. The largest absolute Gasteiger partial charge is 0.395 e. The van der Waals surface area contributed by atoms with Crippen LogP contribution in [0.1, 0.15) is 12.8 Å². The van der Waals surface area contributed by atoms with Crippen molar-refractivity contribution in [3.8, 4) is 0 Å². The van der Waals surface area contributed by atoms with Gasteiger partial charge in [-0.25, -0.2) is 0 Å². The van der Waals surface area contributed by atoms with Gasteiger partial charge in [-0.2, -0.15) is 0 Å². The Hall–Kier alpha value is -0.340. The number of fused-ring (bicyclic) bond motifs is 2. The molecule has 12 heavy (non-hydrogen) atoms. The maximum absolute atomic E-state index is 8.60. The highest BCUT2D eigenvalue weighted by Gasteiger charge is 2.34. The SMILES string of the molecule is OCCNC[C@H]1C[C@@H]2C=C[C@H]1C2. The predicted octanol–water partition coefficient (Wildman–Crippen LogP) is 0.780. The summed E-state index contributed by atoms with van der Waals surface area (Å²) < 4.78 is 0. The molecule has 0 saturated heterocycles. The molecule has 2 aliphatic rings. The second kappa shape index (κ2) is 3.58. The number of allylic oxidation sites excluding steroid dienone is 2. The molecule has 2 nitrogen and oxygen atoms in total. The molecular weight excluding hydrogens is 150 g/mol. The summed E-state index contributed by atoms with van der Waals surface area (Å²) in [4.78, 5) is 0. The fraction of sp³-hybridized carbons (Fsp3) is 0.800. The summed E-state index contributed by atoms with van der Waals surface area (Å²) in [6.07, 6.45) is 7.48. The lowest BCUT2D eigenvalue weighted by molar-refractivity contribution is 0.284. The van der Waals surface area contributed by atoms with Crippen molar-refractivity contribution < 1.29 is 5.11 Å². The zero-order valence-corrected chi connectivity index (χ0v) is 7.37. The molecule has 1 saturated carbocycles. The van der Waals surface area contributed by atoms with E-state index in [0.717, 1.165) is 30.8 Å². The van der Waals surface area contributed by atoms with E-state index in [4.69, 9.17) is 5.11 Å². The fourth-order valence-corrected chi connectivity index (χ4v) is 2.50. The van der Waals surface area contributed by atoms with Crippen LogP contribution >= 0.6 is 0 Å². The van der Waals surface area contributed by atoms with E-state index >= 15 is 0 Å². The zero-order valence-electron chi connectivity index (χ0n) is 7.37. The van der Waals surface area contributed by atoms with Crippen molar-refractivity contribution in [3.63, 3.8) is 0 Å². The molecule has 2 bridgehead atoms. The van der Waals surface area contributed by atoms with E-state index in [9.17, 15) is 0 Å². The molecule has 0 aliphatic heterocycles. The first-order chi connectivity index (χ1) is 5.90. The number of rotatable bonds is 4. The molecule has 0 aromatic rings. The minimum absolute atomic E-state index is 0.261. The van der Waals surface area contributed by atoms with Crippen LogP contribution in [0.2, 0.25) is 0 Å². The van der Waals surface area contributed by atoms with Crippen molar-refractivity contribution in [2.75, 3.05) is 19.7 Å². The Morgan fingerprint density at radius 2 is 2.25 bits per heavy atom. The van der Waals surface area contributed by atoms with Crippen LogP contribution < -0.4 is 5.32 Å². The van der Waals surface area contributed by atoms with Gasteiger partial charge in [-0.15, -0.1) is 0 Å². The molecule has 3 atom stereocenters. The second-order valence-electron chi connectivity index (χ2n) is 3.97. The molecule has 68 valence electrons. The Morgan fingerprint density at radius 3 is 2.83 bits per heavy atom. The van der Waals surface area contributed by atoms with Gasteiger partial charge in [0.05, 0.1) is 6.61 Å². The van der Waals surface area contributed by atoms with Crippen LogP contribution in [0.3, 0.4) is 0 Å². The van der Waals surface area contributed by atoms with Crippen molar-refractivity contribution >= 4 is 0 Å². The van der Waals surface area contributed by atoms with Gasteiger partial charge in [0.25, 0.3) is 0 Å². The quantitative estimate of drug-likeness (QED) is 0.479. The predicted molar refractivity (Wildman–Crippen MR) is 48.8 cm³/mol. The van der Waals surface area contributed by atoms with Crippen molar-refractivity contribution in [2.45, 2.75) is 12.8 Å². The Labute approximate surface area is 73.7 Å². The van der Waals surface area contributed by atoms with Gasteiger partial charge in [0.1, 0.15) is 0 Å². The van der Waals surface area contributed by atoms with Crippen LogP contribution in [0.25, 0.3) is 0 Å². The first kappa shape index (κ1) is 8.27. The molecule has 2 aliphatic carbocycles. The van der Waals surface area contributed by atoms with E-state index in [0.29, 0.717) is 0 Å². The molecule has 0 aromatic carbocycles. The van der Waals surface area contributed by atoms with Gasteiger partial charge in [-0.3, -0.25) is 0 Å². The van der Waals surface area contributed by atoms with Gasteiger partial charge < -0.3 is 10.4 Å². The molecule has 0 radical (unpaired) electrons. The Kier molecular flexibility index (Phi) is 2.47. The van der Waals surface area contributed by atoms with Crippen LogP contribution in [0.4, 0.5) is 0 Å². The van der Waals surface area contributed by atoms with Gasteiger partial charge in [0.2, 0.25) is 0 Å².